The molecule has 0 heterocycles. The van der Waals surface area contributed by atoms with Gasteiger partial charge in [0.15, 0.2) is 0 Å². The average molecular weight is 610 g/mol. The topological polar surface area (TPSA) is 86.8 Å². The highest BCUT2D eigenvalue weighted by molar-refractivity contribution is 7.92. The number of aryl methyl sites for hydroxylation is 2. The molecule has 9 heteroatoms. The lowest BCUT2D eigenvalue weighted by Gasteiger charge is -2.35. The Labute approximate surface area is 254 Å². The Bertz CT molecular complexity index is 1490. The van der Waals surface area contributed by atoms with Crippen LogP contribution in [0.3, 0.4) is 0 Å². The number of nitrogens with zero attached hydrogens (tertiary/aromatic N) is 2. The van der Waals surface area contributed by atoms with E-state index in [-0.39, 0.29) is 24.9 Å². The predicted octanol–water partition coefficient (Wildman–Crippen LogP) is 5.81. The van der Waals surface area contributed by atoms with Gasteiger partial charge in [0, 0.05) is 24.0 Å². The molecule has 0 radical (unpaired) electrons. The van der Waals surface area contributed by atoms with Gasteiger partial charge >= 0.3 is 0 Å². The van der Waals surface area contributed by atoms with E-state index in [2.05, 4.69) is 5.32 Å². The summed E-state index contributed by atoms with van der Waals surface area (Å²) >= 11 is 6.54. The number of sulfonamides is 1. The molecule has 1 atom stereocenters. The molecule has 1 aliphatic rings. The number of halogens is 1. The number of carbonyl (C=O) groups is 2. The fraction of sp³-hybridized carbons (Fsp3) is 0.394. The molecule has 0 unspecified atom stereocenters. The molecular formula is C33H40ClN3O4S. The molecule has 0 aromatic heterocycles. The standard InChI is InChI=1S/C33H40ClN3O4S/c1-24-18-19-30(25(2)20-24)37(42(3,40)41)23-32(38)36(22-27-14-10-11-17-29(27)34)31(21-26-12-6-4-7-13-26)33(39)35-28-15-8-5-9-16-28/h4,6-7,10-14,17-20,28,31H,5,8-9,15-16,21-23H2,1-3H3,(H,35,39)/t31-/m0/s1. The van der Waals surface area contributed by atoms with Crippen LogP contribution in [0.2, 0.25) is 5.02 Å². The molecule has 3 aromatic rings. The van der Waals surface area contributed by atoms with Crippen molar-refractivity contribution < 1.29 is 18.0 Å². The van der Waals surface area contributed by atoms with Crippen LogP contribution in [0.25, 0.3) is 0 Å². The van der Waals surface area contributed by atoms with Gasteiger partial charge in [-0.05, 0) is 55.5 Å². The number of benzene rings is 3. The number of hydrogen-bond acceptors (Lipinski definition) is 4. The Balaban J connectivity index is 1.74. The minimum absolute atomic E-state index is 0.0458. The van der Waals surface area contributed by atoms with E-state index in [1.165, 1.54) is 4.90 Å². The van der Waals surface area contributed by atoms with Crippen LogP contribution in [0, 0.1) is 13.8 Å². The minimum atomic E-state index is -3.83. The number of rotatable bonds is 11. The van der Waals surface area contributed by atoms with Crippen LogP contribution < -0.4 is 9.62 Å². The summed E-state index contributed by atoms with van der Waals surface area (Å²) in [5.74, 6) is -0.733. The van der Waals surface area contributed by atoms with Crippen LogP contribution in [0.1, 0.15) is 54.4 Å². The molecule has 1 saturated carbocycles. The van der Waals surface area contributed by atoms with Gasteiger partial charge in [-0.25, -0.2) is 8.42 Å². The van der Waals surface area contributed by atoms with Crippen LogP contribution in [0.15, 0.2) is 72.8 Å². The number of nitrogens with one attached hydrogen (secondary N) is 1. The quantitative estimate of drug-likeness (QED) is 0.297. The molecule has 1 aliphatic carbocycles. The molecule has 2 amide bonds. The molecule has 224 valence electrons. The number of amides is 2. The number of hydrogen-bond donors (Lipinski definition) is 1. The van der Waals surface area contributed by atoms with Crippen molar-refractivity contribution in [1.29, 1.82) is 0 Å². The molecule has 3 aromatic carbocycles. The molecular weight excluding hydrogens is 570 g/mol. The third-order valence-electron chi connectivity index (χ3n) is 7.82. The van der Waals surface area contributed by atoms with Crippen molar-refractivity contribution in [2.24, 2.45) is 0 Å². The average Bonchev–Trinajstić information content (AvgIpc) is 2.95. The van der Waals surface area contributed by atoms with Gasteiger partial charge in [-0.3, -0.25) is 13.9 Å². The summed E-state index contributed by atoms with van der Waals surface area (Å²) in [4.78, 5) is 29.8. The second-order valence-corrected chi connectivity index (χ2v) is 13.5. The highest BCUT2D eigenvalue weighted by atomic mass is 35.5. The first-order valence-electron chi connectivity index (χ1n) is 14.4. The first-order valence-corrected chi connectivity index (χ1v) is 16.7. The van der Waals surface area contributed by atoms with E-state index in [1.807, 2.05) is 68.4 Å². The highest BCUT2D eigenvalue weighted by Gasteiger charge is 2.34. The van der Waals surface area contributed by atoms with E-state index in [0.717, 1.165) is 59.4 Å². The lowest BCUT2D eigenvalue weighted by Crippen LogP contribution is -2.55. The van der Waals surface area contributed by atoms with Crippen LogP contribution >= 0.6 is 11.6 Å². The molecule has 0 aliphatic heterocycles. The van der Waals surface area contributed by atoms with Gasteiger partial charge in [0.1, 0.15) is 12.6 Å². The largest absolute Gasteiger partial charge is 0.352 e. The smallest absolute Gasteiger partial charge is 0.244 e. The molecule has 7 nitrogen and oxygen atoms in total. The van der Waals surface area contributed by atoms with Gasteiger partial charge < -0.3 is 10.2 Å². The third kappa shape index (κ3) is 8.35. The van der Waals surface area contributed by atoms with Crippen molar-refractivity contribution in [1.82, 2.24) is 10.2 Å². The van der Waals surface area contributed by atoms with E-state index in [4.69, 9.17) is 11.6 Å². The van der Waals surface area contributed by atoms with Crippen molar-refractivity contribution in [3.05, 3.63) is 100 Å². The van der Waals surface area contributed by atoms with Gasteiger partial charge in [-0.2, -0.15) is 0 Å². The van der Waals surface area contributed by atoms with E-state index >= 15 is 0 Å². The second kappa shape index (κ2) is 14.2. The Kier molecular flexibility index (Phi) is 10.7. The summed E-state index contributed by atoms with van der Waals surface area (Å²) in [5, 5.41) is 3.68. The van der Waals surface area contributed by atoms with E-state index in [9.17, 15) is 18.0 Å². The number of carbonyl (C=O) groups excluding carboxylic acids is 2. The maximum Gasteiger partial charge on any atom is 0.244 e. The third-order valence-corrected chi connectivity index (χ3v) is 9.32. The molecule has 1 fully saturated rings. The van der Waals surface area contributed by atoms with Crippen LogP contribution in [0.5, 0.6) is 0 Å². The Morgan fingerprint density at radius 1 is 0.952 bits per heavy atom. The molecule has 0 bridgehead atoms. The fourth-order valence-electron chi connectivity index (χ4n) is 5.59. The first-order chi connectivity index (χ1) is 20.0. The van der Waals surface area contributed by atoms with Crippen LogP contribution in [0.4, 0.5) is 5.69 Å². The SMILES string of the molecule is Cc1ccc(N(CC(=O)N(Cc2ccccc2Cl)[C@@H](Cc2ccccc2)C(=O)NC2CCCCC2)S(C)(=O)=O)c(C)c1. The molecule has 0 saturated heterocycles. The van der Waals surface area contributed by atoms with Crippen molar-refractivity contribution >= 4 is 39.1 Å². The maximum absolute atomic E-state index is 14.3. The summed E-state index contributed by atoms with van der Waals surface area (Å²) in [7, 11) is -3.83. The van der Waals surface area contributed by atoms with Gasteiger partial charge in [0.2, 0.25) is 21.8 Å². The summed E-state index contributed by atoms with van der Waals surface area (Å²) in [6.07, 6.45) is 6.42. The summed E-state index contributed by atoms with van der Waals surface area (Å²) in [6.45, 7) is 3.35. The molecule has 42 heavy (non-hydrogen) atoms. The van der Waals surface area contributed by atoms with Crippen molar-refractivity contribution in [2.45, 2.75) is 71.0 Å². The Morgan fingerprint density at radius 3 is 2.26 bits per heavy atom. The fourth-order valence-corrected chi connectivity index (χ4v) is 6.69. The van der Waals surface area contributed by atoms with Crippen molar-refractivity contribution in [2.75, 3.05) is 17.1 Å². The van der Waals surface area contributed by atoms with Crippen LogP contribution in [-0.4, -0.2) is 50.0 Å². The monoisotopic (exact) mass is 609 g/mol. The van der Waals surface area contributed by atoms with E-state index in [1.54, 1.807) is 18.2 Å². The maximum atomic E-state index is 14.3. The predicted molar refractivity (Wildman–Crippen MR) is 169 cm³/mol. The lowest BCUT2D eigenvalue weighted by molar-refractivity contribution is -0.140. The second-order valence-electron chi connectivity index (χ2n) is 11.2. The minimum Gasteiger partial charge on any atom is -0.352 e. The highest BCUT2D eigenvalue weighted by Crippen LogP contribution is 2.26. The van der Waals surface area contributed by atoms with Crippen LogP contribution in [-0.2, 0) is 32.6 Å². The molecule has 4 rings (SSSR count). The Morgan fingerprint density at radius 2 is 1.62 bits per heavy atom. The molecule has 0 spiro atoms. The van der Waals surface area contributed by atoms with Gasteiger partial charge in [-0.1, -0.05) is 97.1 Å². The van der Waals surface area contributed by atoms with Crippen molar-refractivity contribution in [3.8, 4) is 0 Å². The van der Waals surface area contributed by atoms with Gasteiger partial charge in [-0.15, -0.1) is 0 Å². The Hall–Kier alpha value is -3.36. The van der Waals surface area contributed by atoms with Gasteiger partial charge in [0.05, 0.1) is 11.9 Å². The van der Waals surface area contributed by atoms with Gasteiger partial charge in [0.25, 0.3) is 0 Å². The first kappa shape index (κ1) is 31.6. The normalized spacial score (nSPS) is 14.7. The summed E-state index contributed by atoms with van der Waals surface area (Å²) in [6, 6.07) is 21.4. The summed E-state index contributed by atoms with van der Waals surface area (Å²) < 4.78 is 27.2. The number of anilines is 1. The lowest BCUT2D eigenvalue weighted by atomic mass is 9.94. The van der Waals surface area contributed by atoms with E-state index in [0.29, 0.717) is 16.3 Å². The zero-order chi connectivity index (χ0) is 30.3. The van der Waals surface area contributed by atoms with E-state index < -0.39 is 28.5 Å². The molecule has 1 N–H and O–H groups in total. The van der Waals surface area contributed by atoms with Crippen molar-refractivity contribution in [3.63, 3.8) is 0 Å². The summed E-state index contributed by atoms with van der Waals surface area (Å²) in [5.41, 5.74) is 3.72. The zero-order valence-electron chi connectivity index (χ0n) is 24.6. The zero-order valence-corrected chi connectivity index (χ0v) is 26.1.